The summed E-state index contributed by atoms with van der Waals surface area (Å²) in [4.78, 5) is 124. The van der Waals surface area contributed by atoms with E-state index in [9.17, 15) is 94.7 Å². The van der Waals surface area contributed by atoms with Crippen molar-refractivity contribution in [2.24, 2.45) is 0 Å². The molecule has 3 aromatic carbocycles. The Balaban J connectivity index is 0.000000164. The molecule has 9 heterocycles. The summed E-state index contributed by atoms with van der Waals surface area (Å²) in [6, 6.07) is 23.7. The van der Waals surface area contributed by atoms with Crippen LogP contribution in [0.3, 0.4) is 0 Å². The van der Waals surface area contributed by atoms with Crippen molar-refractivity contribution in [2.75, 3.05) is 63.3 Å². The second-order valence-corrected chi connectivity index (χ2v) is 38.5. The first-order valence-electron chi connectivity index (χ1n) is 40.8. The van der Waals surface area contributed by atoms with Gasteiger partial charge < -0.3 is 45.9 Å². The number of fused-ring (bicyclic) bond motifs is 3. The van der Waals surface area contributed by atoms with Crippen LogP contribution in [0, 0.1) is 0 Å². The average molecular weight is 1820 g/mol. The van der Waals surface area contributed by atoms with Crippen molar-refractivity contribution in [2.45, 2.75) is 220 Å². The van der Waals surface area contributed by atoms with E-state index in [1.54, 1.807) is 77.9 Å². The number of benzene rings is 3. The lowest BCUT2D eigenvalue weighted by Crippen LogP contribution is -2.54. The van der Waals surface area contributed by atoms with Gasteiger partial charge in [0.1, 0.15) is 81.8 Å². The monoisotopic (exact) mass is 1810 g/mol. The number of nitrogens with one attached hydrogen (secondary N) is 6. The number of nitrogens with two attached hydrogens (primary N) is 1. The average Bonchev–Trinajstić information content (AvgIpc) is 1.75. The quantitative estimate of drug-likeness (QED) is 0.0349. The third-order valence-electron chi connectivity index (χ3n) is 23.2. The van der Waals surface area contributed by atoms with Crippen LogP contribution in [-0.4, -0.2) is 222 Å². The van der Waals surface area contributed by atoms with Gasteiger partial charge in [-0.05, 0) is 170 Å². The Hall–Kier alpha value is -12.1. The highest BCUT2D eigenvalue weighted by Crippen LogP contribution is 2.52. The number of alkyl halides is 9. The first kappa shape index (κ1) is 92.6. The Morgan fingerprint density at radius 3 is 1.03 bits per heavy atom. The number of hydrogen-bond acceptors (Lipinski definition) is 21. The molecule has 0 spiro atoms. The SMILES string of the molecule is CC(C)(C)OC(=O)n1ncc2nc(NC(=O)[C@H]3C[C@@H](F)CN3C(=O)C3(c4ccc(N)cc4)CCC(F)(F)CC3)ccc21.CC(C)(C)OC(=O)n1ncc2nc(NC(=O)[C@H]3C[C@@H](F)CN3C(=O)C3(c4ccc(NS(C)(=O)=O)cc4)CCC(F)(F)CC3)ccc21.CS(=O)(=O)Nc1ccc(C2(C(=O)N3C[C@H](F)C[C@@H]3C(=O)Nc3ccc4[nH]ncc4n3)CCC(F)(F)CC2)cc1. The van der Waals surface area contributed by atoms with E-state index in [4.69, 9.17) is 15.2 Å². The summed E-state index contributed by atoms with van der Waals surface area (Å²) in [5, 5.41) is 22.5. The third kappa shape index (κ3) is 21.3. The standard InChI is InChI=1S/C30H35F3N6O6S.C29H33F3N6O4.C25H27F3N6O4S/c1-28(2,3)45-27(42)39-22-9-10-24(35-21(22)16-34-39)36-25(40)23-15-19(31)17-38(23)26(41)29(11-13-30(32,33)14-12-29)18-5-7-20(8-6-18)37-46(4,43)44;1-27(2,3)42-26(41)38-21-8-9-23(35-20(21)15-34-38)36-24(39)22-14-18(30)16-37(22)25(40)28(10-12-29(31,32)13-11-28)17-4-6-19(33)7-5-17;1-39(37,38)33-17-4-2-15(3-5-17)24(8-10-25(27,28)11-9-24)23(36)34-14-16(26)12-20(34)22(35)31-21-7-6-18-19(30-21)13-29-32-18/h5-10,16,19,23,37H,11-15,17H2,1-4H3,(H,35,36,40);4-9,15,18,22H,10-14,16,33H2,1-3H3,(H,35,36,39);2-7,13,16,20,33H,8-12,14H2,1H3,(H,29,32)(H,30,31,35)/t19-,23-;18-,22-;16-,20-/m111/s1. The summed E-state index contributed by atoms with van der Waals surface area (Å²) in [7, 11) is -7.14. The predicted molar refractivity (Wildman–Crippen MR) is 449 cm³/mol. The van der Waals surface area contributed by atoms with E-state index >= 15 is 0 Å². The lowest BCUT2D eigenvalue weighted by Gasteiger charge is -2.42. The molecule has 0 radical (unpaired) electrons. The van der Waals surface area contributed by atoms with Crippen molar-refractivity contribution < 1.29 is 104 Å². The highest BCUT2D eigenvalue weighted by Gasteiger charge is 2.57. The normalized spacial score (nSPS) is 21.8. The Morgan fingerprint density at radius 1 is 0.425 bits per heavy atom. The van der Waals surface area contributed by atoms with Crippen LogP contribution in [-0.2, 0) is 74.5 Å². The van der Waals surface area contributed by atoms with Gasteiger partial charge in [0.25, 0.3) is 0 Å². The molecule has 6 amide bonds. The molecular formula is C84H95F9N18O14S2. The fraction of sp³-hybridized carbons (Fsp3) is 0.476. The maximum Gasteiger partial charge on any atom is 0.435 e. The smallest absolute Gasteiger partial charge is 0.435 e. The molecule has 6 aromatic heterocycles. The molecule has 3 aliphatic heterocycles. The molecule has 0 unspecified atom stereocenters. The summed E-state index contributed by atoms with van der Waals surface area (Å²) < 4.78 is 194. The number of hydrogen-bond donors (Lipinski definition) is 7. The minimum Gasteiger partial charge on any atom is -0.442 e. The van der Waals surface area contributed by atoms with E-state index in [1.165, 1.54) is 96.3 Å². The fourth-order valence-electron chi connectivity index (χ4n) is 17.0. The van der Waals surface area contributed by atoms with Crippen molar-refractivity contribution in [1.29, 1.82) is 0 Å². The van der Waals surface area contributed by atoms with E-state index in [-0.39, 0.29) is 105 Å². The van der Waals surface area contributed by atoms with Gasteiger partial charge in [0.15, 0.2) is 0 Å². The Kier molecular flexibility index (Phi) is 25.7. The van der Waals surface area contributed by atoms with Gasteiger partial charge in [0.2, 0.25) is 73.3 Å². The lowest BCUT2D eigenvalue weighted by molar-refractivity contribution is -0.147. The van der Waals surface area contributed by atoms with Gasteiger partial charge in [-0.3, -0.25) is 43.3 Å². The Labute approximate surface area is 722 Å². The largest absolute Gasteiger partial charge is 0.442 e. The van der Waals surface area contributed by atoms with Gasteiger partial charge in [-0.2, -0.15) is 24.7 Å². The van der Waals surface area contributed by atoms with Crippen LogP contribution in [0.25, 0.3) is 33.1 Å². The summed E-state index contributed by atoms with van der Waals surface area (Å²) in [6.45, 7) is 9.22. The topological polar surface area (TPSA) is 422 Å². The molecule has 43 heteroatoms. The minimum atomic E-state index is -3.59. The Bertz CT molecular complexity index is 5900. The van der Waals surface area contributed by atoms with Gasteiger partial charge in [0.05, 0.1) is 83.5 Å². The molecule has 6 fully saturated rings. The van der Waals surface area contributed by atoms with E-state index < -0.39 is 195 Å². The molecule has 127 heavy (non-hydrogen) atoms. The maximum atomic E-state index is 14.9. The van der Waals surface area contributed by atoms with Crippen LogP contribution in [0.2, 0.25) is 0 Å². The third-order valence-corrected chi connectivity index (χ3v) is 24.4. The van der Waals surface area contributed by atoms with Gasteiger partial charge in [-0.15, -0.1) is 0 Å². The molecule has 32 nitrogen and oxygen atoms in total. The van der Waals surface area contributed by atoms with E-state index in [0.29, 0.717) is 50.0 Å². The van der Waals surface area contributed by atoms with Crippen LogP contribution < -0.4 is 31.1 Å². The molecule has 6 aliphatic rings. The highest BCUT2D eigenvalue weighted by molar-refractivity contribution is 7.92. The van der Waals surface area contributed by atoms with Crippen molar-refractivity contribution in [3.8, 4) is 0 Å². The fourth-order valence-corrected chi connectivity index (χ4v) is 18.1. The van der Waals surface area contributed by atoms with Crippen LogP contribution in [0.5, 0.6) is 0 Å². The highest BCUT2D eigenvalue weighted by atomic mass is 32.2. The molecule has 9 aromatic rings. The number of nitrogens with zero attached hydrogens (tertiary/aromatic N) is 11. The number of aromatic nitrogens is 9. The van der Waals surface area contributed by atoms with Crippen molar-refractivity contribution in [1.82, 2.24) is 59.4 Å². The number of halogens is 9. The van der Waals surface area contributed by atoms with Crippen LogP contribution in [0.1, 0.15) is 155 Å². The van der Waals surface area contributed by atoms with E-state index in [1.807, 2.05) is 0 Å². The molecular weight excluding hydrogens is 1720 g/mol. The molecule has 6 atom stereocenters. The second kappa shape index (κ2) is 35.3. The zero-order chi connectivity index (χ0) is 92.1. The Morgan fingerprint density at radius 2 is 0.724 bits per heavy atom. The summed E-state index contributed by atoms with van der Waals surface area (Å²) in [5.74, 6) is -12.3. The number of H-pyrrole nitrogens is 1. The van der Waals surface area contributed by atoms with Crippen LogP contribution in [0.4, 0.5) is 83.6 Å². The summed E-state index contributed by atoms with van der Waals surface area (Å²) >= 11 is 0. The van der Waals surface area contributed by atoms with Gasteiger partial charge in [-0.25, -0.2) is 80.9 Å². The molecule has 3 saturated carbocycles. The van der Waals surface area contributed by atoms with Crippen molar-refractivity contribution in [3.63, 3.8) is 0 Å². The minimum absolute atomic E-state index is 0.0666. The summed E-state index contributed by atoms with van der Waals surface area (Å²) in [5.41, 5.74) is 4.65. The van der Waals surface area contributed by atoms with Crippen LogP contribution in [0.15, 0.2) is 128 Å². The van der Waals surface area contributed by atoms with Crippen molar-refractivity contribution in [3.05, 3.63) is 144 Å². The van der Waals surface area contributed by atoms with Gasteiger partial charge >= 0.3 is 12.2 Å². The maximum absolute atomic E-state index is 14.9. The number of likely N-dealkylation sites (tertiary alicyclic amines) is 3. The lowest BCUT2D eigenvalue weighted by atomic mass is 9.67. The predicted octanol–water partition coefficient (Wildman–Crippen LogP) is 12.8. The number of ether oxygens (including phenoxy) is 2. The molecule has 3 aliphatic carbocycles. The number of aromatic amines is 1. The number of carbonyl (C=O) groups is 8. The van der Waals surface area contributed by atoms with Gasteiger partial charge in [-0.1, -0.05) is 36.4 Å². The van der Waals surface area contributed by atoms with Crippen molar-refractivity contribution >= 4 is 135 Å². The molecule has 15 rings (SSSR count). The molecule has 8 N–H and O–H groups in total. The number of amides is 6. The second-order valence-electron chi connectivity index (χ2n) is 35.0. The molecule has 0 bridgehead atoms. The molecule has 680 valence electrons. The molecule has 3 saturated heterocycles. The number of nitrogen functional groups attached to an aromatic ring is 1. The zero-order valence-corrected chi connectivity index (χ0v) is 71.9. The number of sulfonamides is 2. The first-order chi connectivity index (χ1) is 59.4. The number of rotatable bonds is 16. The number of carbonyl (C=O) groups excluding carboxylic acids is 8. The number of anilines is 6. The summed E-state index contributed by atoms with van der Waals surface area (Å²) in [6.07, 6.45) is -5.10. The van der Waals surface area contributed by atoms with E-state index in [2.05, 4.69) is 60.7 Å². The number of pyridine rings is 3. The van der Waals surface area contributed by atoms with Crippen LogP contribution >= 0.6 is 0 Å². The van der Waals surface area contributed by atoms with E-state index in [0.717, 1.165) is 31.7 Å². The van der Waals surface area contributed by atoms with Gasteiger partial charge in [0, 0.05) is 74.8 Å². The first-order valence-corrected chi connectivity index (χ1v) is 44.6. The zero-order valence-electron chi connectivity index (χ0n) is 70.2.